The van der Waals surface area contributed by atoms with Crippen molar-refractivity contribution >= 4 is 33.7 Å². The molecular formula is C13H16BrNO2S. The van der Waals surface area contributed by atoms with Crippen LogP contribution in [-0.4, -0.2) is 34.8 Å². The van der Waals surface area contributed by atoms with Crippen LogP contribution in [0.4, 0.5) is 0 Å². The summed E-state index contributed by atoms with van der Waals surface area (Å²) in [7, 11) is 0. The van der Waals surface area contributed by atoms with Crippen molar-refractivity contribution in [1.29, 1.82) is 0 Å². The monoisotopic (exact) mass is 329 g/mol. The van der Waals surface area contributed by atoms with Gasteiger partial charge in [-0.3, -0.25) is 9.69 Å². The molecule has 1 aliphatic heterocycles. The van der Waals surface area contributed by atoms with E-state index in [-0.39, 0.29) is 6.04 Å². The van der Waals surface area contributed by atoms with Crippen LogP contribution in [0.2, 0.25) is 0 Å². The van der Waals surface area contributed by atoms with Crippen LogP contribution in [0.3, 0.4) is 0 Å². The SMILES string of the molecule is CSc1cc(Br)ccc1CN1CCC[C@@H]1C(=O)O. The van der Waals surface area contributed by atoms with Gasteiger partial charge in [0.2, 0.25) is 0 Å². The Bertz CT molecular complexity index is 453. The van der Waals surface area contributed by atoms with E-state index in [1.807, 2.05) is 12.3 Å². The summed E-state index contributed by atoms with van der Waals surface area (Å²) in [5.74, 6) is -0.699. The van der Waals surface area contributed by atoms with Gasteiger partial charge < -0.3 is 5.11 Å². The van der Waals surface area contributed by atoms with E-state index in [4.69, 9.17) is 0 Å². The fourth-order valence-corrected chi connectivity index (χ4v) is 3.52. The summed E-state index contributed by atoms with van der Waals surface area (Å²) in [5, 5.41) is 9.18. The van der Waals surface area contributed by atoms with E-state index in [0.717, 1.165) is 30.4 Å². The molecule has 1 aliphatic rings. The number of likely N-dealkylation sites (tertiary alicyclic amines) is 1. The molecular weight excluding hydrogens is 314 g/mol. The molecule has 1 saturated heterocycles. The largest absolute Gasteiger partial charge is 0.480 e. The zero-order chi connectivity index (χ0) is 13.1. The van der Waals surface area contributed by atoms with Crippen molar-refractivity contribution in [2.24, 2.45) is 0 Å². The number of halogens is 1. The van der Waals surface area contributed by atoms with Crippen LogP contribution in [0, 0.1) is 0 Å². The first-order chi connectivity index (χ1) is 8.61. The number of carboxylic acid groups (broad SMARTS) is 1. The summed E-state index contributed by atoms with van der Waals surface area (Å²) >= 11 is 5.16. The van der Waals surface area contributed by atoms with E-state index >= 15 is 0 Å². The number of hydrogen-bond donors (Lipinski definition) is 1. The van der Waals surface area contributed by atoms with Gasteiger partial charge in [0.15, 0.2) is 0 Å². The zero-order valence-corrected chi connectivity index (χ0v) is 12.6. The number of hydrogen-bond acceptors (Lipinski definition) is 3. The molecule has 3 nitrogen and oxygen atoms in total. The van der Waals surface area contributed by atoms with Gasteiger partial charge in [-0.25, -0.2) is 0 Å². The summed E-state index contributed by atoms with van der Waals surface area (Å²) in [6.45, 7) is 1.60. The Labute approximate surface area is 120 Å². The molecule has 98 valence electrons. The second-order valence-electron chi connectivity index (χ2n) is 4.42. The van der Waals surface area contributed by atoms with E-state index in [2.05, 4.69) is 33.0 Å². The zero-order valence-electron chi connectivity index (χ0n) is 10.2. The van der Waals surface area contributed by atoms with Crippen molar-refractivity contribution in [1.82, 2.24) is 4.90 Å². The molecule has 2 rings (SSSR count). The summed E-state index contributed by atoms with van der Waals surface area (Å²) in [5.41, 5.74) is 1.21. The van der Waals surface area contributed by atoms with E-state index in [9.17, 15) is 9.90 Å². The second-order valence-corrected chi connectivity index (χ2v) is 6.19. The molecule has 0 amide bonds. The van der Waals surface area contributed by atoms with Gasteiger partial charge in [-0.15, -0.1) is 11.8 Å². The average molecular weight is 330 g/mol. The molecule has 0 spiro atoms. The topological polar surface area (TPSA) is 40.5 Å². The van der Waals surface area contributed by atoms with Gasteiger partial charge in [-0.05, 0) is 43.3 Å². The Morgan fingerprint density at radius 2 is 2.39 bits per heavy atom. The summed E-state index contributed by atoms with van der Waals surface area (Å²) in [6, 6.07) is 5.86. The first-order valence-corrected chi connectivity index (χ1v) is 7.93. The lowest BCUT2D eigenvalue weighted by molar-refractivity contribution is -0.142. The lowest BCUT2D eigenvalue weighted by Gasteiger charge is -2.22. The van der Waals surface area contributed by atoms with E-state index < -0.39 is 5.97 Å². The van der Waals surface area contributed by atoms with E-state index in [0.29, 0.717) is 0 Å². The highest BCUT2D eigenvalue weighted by Crippen LogP contribution is 2.28. The van der Waals surface area contributed by atoms with Gasteiger partial charge in [0.05, 0.1) is 0 Å². The Kier molecular flexibility index (Phi) is 4.70. The first kappa shape index (κ1) is 13.9. The molecule has 0 bridgehead atoms. The van der Waals surface area contributed by atoms with Crippen LogP contribution in [-0.2, 0) is 11.3 Å². The van der Waals surface area contributed by atoms with Crippen molar-refractivity contribution in [3.05, 3.63) is 28.2 Å². The molecule has 1 aromatic rings. The molecule has 5 heteroatoms. The molecule has 18 heavy (non-hydrogen) atoms. The summed E-state index contributed by atoms with van der Waals surface area (Å²) < 4.78 is 1.06. The fourth-order valence-electron chi connectivity index (χ4n) is 2.36. The minimum Gasteiger partial charge on any atom is -0.480 e. The van der Waals surface area contributed by atoms with Gasteiger partial charge in [-0.2, -0.15) is 0 Å². The van der Waals surface area contributed by atoms with Gasteiger partial charge in [0.1, 0.15) is 6.04 Å². The van der Waals surface area contributed by atoms with Gasteiger partial charge in [0, 0.05) is 15.9 Å². The van der Waals surface area contributed by atoms with Crippen molar-refractivity contribution in [3.63, 3.8) is 0 Å². The normalized spacial score (nSPS) is 20.2. The average Bonchev–Trinajstić information content (AvgIpc) is 2.79. The molecule has 1 heterocycles. The van der Waals surface area contributed by atoms with Crippen molar-refractivity contribution in [3.8, 4) is 0 Å². The van der Waals surface area contributed by atoms with E-state index in [1.165, 1.54) is 10.5 Å². The Morgan fingerprint density at radius 3 is 3.06 bits per heavy atom. The molecule has 0 aromatic heterocycles. The molecule has 0 unspecified atom stereocenters. The highest BCUT2D eigenvalue weighted by atomic mass is 79.9. The minimum atomic E-state index is -0.699. The van der Waals surface area contributed by atoms with Gasteiger partial charge in [-0.1, -0.05) is 22.0 Å². The number of rotatable bonds is 4. The highest BCUT2D eigenvalue weighted by molar-refractivity contribution is 9.10. The maximum absolute atomic E-state index is 11.2. The lowest BCUT2D eigenvalue weighted by Crippen LogP contribution is -2.35. The molecule has 0 aliphatic carbocycles. The van der Waals surface area contributed by atoms with Crippen molar-refractivity contribution in [2.45, 2.75) is 30.3 Å². The third-order valence-corrected chi connectivity index (χ3v) is 4.58. The second kappa shape index (κ2) is 6.08. The van der Waals surface area contributed by atoms with Crippen LogP contribution < -0.4 is 0 Å². The Balaban J connectivity index is 2.16. The van der Waals surface area contributed by atoms with Gasteiger partial charge >= 0.3 is 5.97 Å². The highest BCUT2D eigenvalue weighted by Gasteiger charge is 2.30. The fraction of sp³-hybridized carbons (Fsp3) is 0.462. The van der Waals surface area contributed by atoms with Crippen LogP contribution >= 0.6 is 27.7 Å². The maximum atomic E-state index is 11.2. The molecule has 1 fully saturated rings. The number of carbonyl (C=O) groups is 1. The predicted octanol–water partition coefficient (Wildman–Crippen LogP) is 3.22. The summed E-state index contributed by atoms with van der Waals surface area (Å²) in [4.78, 5) is 14.4. The molecule has 1 N–H and O–H groups in total. The van der Waals surface area contributed by atoms with Crippen LogP contribution in [0.15, 0.2) is 27.6 Å². The minimum absolute atomic E-state index is 0.316. The number of carboxylic acids is 1. The van der Waals surface area contributed by atoms with Crippen LogP contribution in [0.25, 0.3) is 0 Å². The Morgan fingerprint density at radius 1 is 1.61 bits per heavy atom. The number of nitrogens with zero attached hydrogens (tertiary/aromatic N) is 1. The van der Waals surface area contributed by atoms with Crippen LogP contribution in [0.5, 0.6) is 0 Å². The van der Waals surface area contributed by atoms with Gasteiger partial charge in [0.25, 0.3) is 0 Å². The van der Waals surface area contributed by atoms with E-state index in [1.54, 1.807) is 11.8 Å². The van der Waals surface area contributed by atoms with Crippen LogP contribution in [0.1, 0.15) is 18.4 Å². The van der Waals surface area contributed by atoms with Crippen molar-refractivity contribution < 1.29 is 9.90 Å². The summed E-state index contributed by atoms with van der Waals surface area (Å²) in [6.07, 6.45) is 3.78. The molecule has 0 saturated carbocycles. The molecule has 1 aromatic carbocycles. The first-order valence-electron chi connectivity index (χ1n) is 5.91. The lowest BCUT2D eigenvalue weighted by atomic mass is 10.2. The predicted molar refractivity (Wildman–Crippen MR) is 77.0 cm³/mol. The Hall–Kier alpha value is -0.520. The third kappa shape index (κ3) is 3.08. The number of aliphatic carboxylic acids is 1. The smallest absolute Gasteiger partial charge is 0.320 e. The molecule has 1 atom stereocenters. The number of thioether (sulfide) groups is 1. The quantitative estimate of drug-likeness (QED) is 0.861. The standard InChI is InChI=1S/C13H16BrNO2S/c1-18-12-7-10(14)5-4-9(12)8-15-6-2-3-11(15)13(16)17/h4-5,7,11H,2-3,6,8H2,1H3,(H,16,17)/t11-/m1/s1. The number of benzene rings is 1. The maximum Gasteiger partial charge on any atom is 0.320 e. The van der Waals surface area contributed by atoms with Crippen molar-refractivity contribution in [2.75, 3.05) is 12.8 Å². The third-order valence-electron chi connectivity index (χ3n) is 3.27. The molecule has 0 radical (unpaired) electrons.